The lowest BCUT2D eigenvalue weighted by Gasteiger charge is -2.34. The molecule has 1 aromatic carbocycles. The monoisotopic (exact) mass is 400 g/mol. The van der Waals surface area contributed by atoms with Gasteiger partial charge in [-0.05, 0) is 55.6 Å². The zero-order valence-corrected chi connectivity index (χ0v) is 18.0. The van der Waals surface area contributed by atoms with Crippen LogP contribution in [0.4, 0.5) is 0 Å². The third kappa shape index (κ3) is 6.20. The smallest absolute Gasteiger partial charge is 0.220 e. The number of fused-ring (bicyclic) bond motifs is 1. The summed E-state index contributed by atoms with van der Waals surface area (Å²) in [5.41, 5.74) is 2.82. The largest absolute Gasteiger partial charge is 0.373 e. The van der Waals surface area contributed by atoms with Crippen LogP contribution in [0.3, 0.4) is 0 Å². The highest BCUT2D eigenvalue weighted by atomic mass is 16.5. The molecule has 1 unspecified atom stereocenters. The highest BCUT2D eigenvalue weighted by Crippen LogP contribution is 2.32. The highest BCUT2D eigenvalue weighted by Gasteiger charge is 2.23. The van der Waals surface area contributed by atoms with Gasteiger partial charge in [0.15, 0.2) is 5.96 Å². The summed E-state index contributed by atoms with van der Waals surface area (Å²) in [6, 6.07) is 8.68. The molecule has 1 atom stereocenters. The van der Waals surface area contributed by atoms with Crippen LogP contribution in [-0.4, -0.2) is 57.1 Å². The van der Waals surface area contributed by atoms with Crippen molar-refractivity contribution in [1.29, 1.82) is 0 Å². The summed E-state index contributed by atoms with van der Waals surface area (Å²) in [5, 5.41) is 6.21. The maximum atomic E-state index is 11.6. The van der Waals surface area contributed by atoms with Crippen LogP contribution >= 0.6 is 0 Å². The molecule has 0 spiro atoms. The van der Waals surface area contributed by atoms with Crippen LogP contribution in [0.1, 0.15) is 55.8 Å². The molecule has 0 saturated carbocycles. The minimum atomic E-state index is 0.145. The van der Waals surface area contributed by atoms with E-state index in [1.54, 1.807) is 7.05 Å². The number of hydrogen-bond acceptors (Lipinski definition) is 3. The number of rotatable bonds is 7. The number of amides is 1. The molecule has 1 aliphatic heterocycles. The standard InChI is InChI=1S/C23H36N4O2/c1-24-22(28)17-18-11-14-27(15-12-18)23(25-2)26-13-6-16-29-21-10-5-8-19-7-3-4-9-20(19)21/h3-4,7,9,18,21H,5-6,8,10-17H2,1-2H3,(H,24,28)(H,25,26). The van der Waals surface area contributed by atoms with Gasteiger partial charge in [0.25, 0.3) is 0 Å². The molecule has 1 aliphatic carbocycles. The summed E-state index contributed by atoms with van der Waals surface area (Å²) in [5.74, 6) is 1.59. The van der Waals surface area contributed by atoms with Gasteiger partial charge < -0.3 is 20.3 Å². The lowest BCUT2D eigenvalue weighted by molar-refractivity contribution is -0.121. The molecule has 1 aromatic rings. The number of carbonyl (C=O) groups is 1. The Balaban J connectivity index is 1.34. The second-order valence-electron chi connectivity index (χ2n) is 8.09. The van der Waals surface area contributed by atoms with Crippen molar-refractivity contribution < 1.29 is 9.53 Å². The van der Waals surface area contributed by atoms with Gasteiger partial charge >= 0.3 is 0 Å². The van der Waals surface area contributed by atoms with Crippen LogP contribution in [0, 0.1) is 5.92 Å². The first-order chi connectivity index (χ1) is 14.2. The number of carbonyl (C=O) groups excluding carboxylic acids is 1. The van der Waals surface area contributed by atoms with Crippen LogP contribution in [0.15, 0.2) is 29.3 Å². The van der Waals surface area contributed by atoms with Crippen molar-refractivity contribution in [1.82, 2.24) is 15.5 Å². The first-order valence-electron chi connectivity index (χ1n) is 11.1. The average Bonchev–Trinajstić information content (AvgIpc) is 2.77. The van der Waals surface area contributed by atoms with Gasteiger partial charge in [0, 0.05) is 46.8 Å². The van der Waals surface area contributed by atoms with Gasteiger partial charge in [-0.1, -0.05) is 24.3 Å². The molecular formula is C23H36N4O2. The summed E-state index contributed by atoms with van der Waals surface area (Å²) in [6.45, 7) is 3.53. The van der Waals surface area contributed by atoms with E-state index >= 15 is 0 Å². The molecule has 29 heavy (non-hydrogen) atoms. The van der Waals surface area contributed by atoms with Crippen LogP contribution in [0.25, 0.3) is 0 Å². The van der Waals surface area contributed by atoms with Gasteiger partial charge in [-0.25, -0.2) is 0 Å². The van der Waals surface area contributed by atoms with Crippen molar-refractivity contribution in [3.63, 3.8) is 0 Å². The van der Waals surface area contributed by atoms with E-state index < -0.39 is 0 Å². The summed E-state index contributed by atoms with van der Waals surface area (Å²) in [6.07, 6.45) is 7.44. The Morgan fingerprint density at radius 2 is 2.03 bits per heavy atom. The number of ether oxygens (including phenoxy) is 1. The van der Waals surface area contributed by atoms with Gasteiger partial charge in [-0.2, -0.15) is 0 Å². The van der Waals surface area contributed by atoms with Crippen molar-refractivity contribution in [2.45, 2.75) is 51.0 Å². The molecular weight excluding hydrogens is 364 g/mol. The van der Waals surface area contributed by atoms with E-state index in [1.165, 1.54) is 24.0 Å². The zero-order chi connectivity index (χ0) is 20.5. The number of likely N-dealkylation sites (tertiary alicyclic amines) is 1. The Labute approximate surface area is 175 Å². The molecule has 0 aromatic heterocycles. The van der Waals surface area contributed by atoms with E-state index in [-0.39, 0.29) is 12.0 Å². The molecule has 2 aliphatic rings. The molecule has 1 fully saturated rings. The molecule has 6 nitrogen and oxygen atoms in total. The number of benzene rings is 1. The molecule has 0 bridgehead atoms. The van der Waals surface area contributed by atoms with Gasteiger partial charge in [-0.15, -0.1) is 0 Å². The Bertz CT molecular complexity index is 683. The van der Waals surface area contributed by atoms with E-state index in [9.17, 15) is 4.79 Å². The second kappa shape index (κ2) is 11.2. The molecule has 3 rings (SSSR count). The maximum Gasteiger partial charge on any atom is 0.220 e. The molecule has 0 radical (unpaired) electrons. The van der Waals surface area contributed by atoms with Crippen molar-refractivity contribution in [2.75, 3.05) is 40.3 Å². The van der Waals surface area contributed by atoms with Crippen molar-refractivity contribution in [3.05, 3.63) is 35.4 Å². The normalized spacial score (nSPS) is 20.3. The predicted octanol–water partition coefficient (Wildman–Crippen LogP) is 2.89. The maximum absolute atomic E-state index is 11.6. The van der Waals surface area contributed by atoms with E-state index in [0.717, 1.165) is 57.9 Å². The third-order valence-electron chi connectivity index (χ3n) is 6.12. The molecule has 1 heterocycles. The molecule has 6 heteroatoms. The minimum absolute atomic E-state index is 0.145. The Morgan fingerprint density at radius 1 is 1.24 bits per heavy atom. The number of nitrogens with zero attached hydrogens (tertiary/aromatic N) is 2. The number of aliphatic imine (C=N–C) groups is 1. The van der Waals surface area contributed by atoms with Gasteiger partial charge in [0.1, 0.15) is 0 Å². The third-order valence-corrected chi connectivity index (χ3v) is 6.12. The number of guanidine groups is 1. The predicted molar refractivity (Wildman–Crippen MR) is 117 cm³/mol. The molecule has 1 amide bonds. The van der Waals surface area contributed by atoms with Crippen molar-refractivity contribution >= 4 is 11.9 Å². The minimum Gasteiger partial charge on any atom is -0.373 e. The zero-order valence-electron chi connectivity index (χ0n) is 18.0. The SMILES string of the molecule is CN=C(NCCCOC1CCCc2ccccc21)N1CCC(CC(=O)NC)CC1. The van der Waals surface area contributed by atoms with Crippen LogP contribution in [0.2, 0.25) is 0 Å². The Kier molecular flexibility index (Phi) is 8.35. The van der Waals surface area contributed by atoms with Gasteiger partial charge in [0.05, 0.1) is 6.10 Å². The molecule has 160 valence electrons. The van der Waals surface area contributed by atoms with Gasteiger partial charge in [-0.3, -0.25) is 9.79 Å². The molecule has 2 N–H and O–H groups in total. The van der Waals surface area contributed by atoms with E-state index in [4.69, 9.17) is 4.74 Å². The van der Waals surface area contributed by atoms with E-state index in [1.807, 2.05) is 7.05 Å². The Morgan fingerprint density at radius 3 is 2.79 bits per heavy atom. The summed E-state index contributed by atoms with van der Waals surface area (Å²) in [4.78, 5) is 18.3. The van der Waals surface area contributed by atoms with Crippen molar-refractivity contribution in [3.8, 4) is 0 Å². The number of nitrogens with one attached hydrogen (secondary N) is 2. The number of piperidine rings is 1. The topological polar surface area (TPSA) is 66.0 Å². The first-order valence-corrected chi connectivity index (χ1v) is 11.1. The van der Waals surface area contributed by atoms with Crippen LogP contribution < -0.4 is 10.6 Å². The lowest BCUT2D eigenvalue weighted by Crippen LogP contribution is -2.46. The van der Waals surface area contributed by atoms with Crippen molar-refractivity contribution in [2.24, 2.45) is 10.9 Å². The highest BCUT2D eigenvalue weighted by molar-refractivity contribution is 5.80. The summed E-state index contributed by atoms with van der Waals surface area (Å²) in [7, 11) is 3.55. The van der Waals surface area contributed by atoms with Gasteiger partial charge in [0.2, 0.25) is 5.91 Å². The second-order valence-corrected chi connectivity index (χ2v) is 8.09. The molecule has 1 saturated heterocycles. The fourth-order valence-corrected chi connectivity index (χ4v) is 4.43. The summed E-state index contributed by atoms with van der Waals surface area (Å²) < 4.78 is 6.20. The average molecular weight is 401 g/mol. The Hall–Kier alpha value is -2.08. The first kappa shape index (κ1) is 21.6. The number of hydrogen-bond donors (Lipinski definition) is 2. The fourth-order valence-electron chi connectivity index (χ4n) is 4.43. The lowest BCUT2D eigenvalue weighted by atomic mass is 9.89. The quantitative estimate of drug-likeness (QED) is 0.420. The van der Waals surface area contributed by atoms with E-state index in [2.05, 4.69) is 44.8 Å². The summed E-state index contributed by atoms with van der Waals surface area (Å²) >= 11 is 0. The van der Waals surface area contributed by atoms with Crippen LogP contribution in [-0.2, 0) is 16.0 Å². The fraction of sp³-hybridized carbons (Fsp3) is 0.652. The van der Waals surface area contributed by atoms with E-state index in [0.29, 0.717) is 12.3 Å². The number of aryl methyl sites for hydroxylation is 1. The van der Waals surface area contributed by atoms with Crippen LogP contribution in [0.5, 0.6) is 0 Å².